The van der Waals surface area contributed by atoms with Gasteiger partial charge in [-0.3, -0.25) is 4.98 Å². The Morgan fingerprint density at radius 3 is 2.57 bits per heavy atom. The van der Waals surface area contributed by atoms with Crippen molar-refractivity contribution in [2.24, 2.45) is 0 Å². The second-order valence-corrected chi connectivity index (χ2v) is 4.36. The van der Waals surface area contributed by atoms with Crippen LogP contribution in [0.5, 0.6) is 0 Å². The molecule has 0 fully saturated rings. The Morgan fingerprint density at radius 1 is 1.19 bits per heavy atom. The van der Waals surface area contributed by atoms with Crippen molar-refractivity contribution in [1.29, 1.82) is 0 Å². The molecule has 7 heteroatoms. The van der Waals surface area contributed by atoms with Gasteiger partial charge in [-0.05, 0) is 13.0 Å². The van der Waals surface area contributed by atoms with E-state index in [1.54, 1.807) is 0 Å². The number of nitrogens with one attached hydrogen (secondary N) is 1. The number of alkyl halides is 3. The average molecular weight is 296 g/mol. The Hall–Kier alpha value is -2.18. The summed E-state index contributed by atoms with van der Waals surface area (Å²) in [5.41, 5.74) is -0.569. The van der Waals surface area contributed by atoms with E-state index in [1.807, 2.05) is 13.8 Å². The van der Waals surface area contributed by atoms with Gasteiger partial charge in [-0.2, -0.15) is 13.2 Å². The summed E-state index contributed by atoms with van der Waals surface area (Å²) in [6.07, 6.45) is -1.61. The summed E-state index contributed by atoms with van der Waals surface area (Å²) in [5, 5.41) is 3.00. The highest BCUT2D eigenvalue weighted by atomic mass is 19.4. The molecule has 0 amide bonds. The highest BCUT2D eigenvalue weighted by Gasteiger charge is 2.34. The maximum atomic E-state index is 13.1. The van der Waals surface area contributed by atoms with Gasteiger partial charge in [0.25, 0.3) is 0 Å². The molecule has 0 saturated heterocycles. The quantitative estimate of drug-likeness (QED) is 0.937. The Labute approximate surface area is 120 Å². The van der Waals surface area contributed by atoms with Crippen LogP contribution in [0.3, 0.4) is 0 Å². The third-order valence-electron chi connectivity index (χ3n) is 2.85. The molecule has 0 bridgehead atoms. The Balaban J connectivity index is 2.59. The number of aryl methyl sites for hydroxylation is 1. The van der Waals surface area contributed by atoms with Crippen LogP contribution in [0.2, 0.25) is 0 Å². The molecule has 4 nitrogen and oxygen atoms in total. The summed E-state index contributed by atoms with van der Waals surface area (Å²) in [6, 6.07) is 2.46. The van der Waals surface area contributed by atoms with Crippen LogP contribution in [0.25, 0.3) is 11.3 Å². The van der Waals surface area contributed by atoms with Gasteiger partial charge < -0.3 is 5.32 Å². The normalized spacial score (nSPS) is 11.5. The molecule has 0 atom stereocenters. The van der Waals surface area contributed by atoms with Crippen molar-refractivity contribution < 1.29 is 13.2 Å². The number of hydrogen-bond donors (Lipinski definition) is 1. The lowest BCUT2D eigenvalue weighted by Crippen LogP contribution is -2.09. The molecule has 0 radical (unpaired) electrons. The number of nitrogens with zero attached hydrogens (tertiary/aromatic N) is 3. The van der Waals surface area contributed by atoms with Gasteiger partial charge in [0.1, 0.15) is 11.6 Å². The highest BCUT2D eigenvalue weighted by Crippen LogP contribution is 2.36. The third-order valence-corrected chi connectivity index (χ3v) is 2.85. The predicted octanol–water partition coefficient (Wildman–Crippen LogP) is 3.55. The first-order chi connectivity index (χ1) is 9.95. The fourth-order valence-corrected chi connectivity index (χ4v) is 1.91. The van der Waals surface area contributed by atoms with Gasteiger partial charge in [0.05, 0.1) is 11.3 Å². The molecule has 0 saturated carbocycles. The zero-order valence-corrected chi connectivity index (χ0v) is 11.7. The molecule has 0 aliphatic rings. The minimum Gasteiger partial charge on any atom is -0.370 e. The second kappa shape index (κ2) is 6.07. The first kappa shape index (κ1) is 15.2. The van der Waals surface area contributed by atoms with Gasteiger partial charge in [-0.1, -0.05) is 6.92 Å². The van der Waals surface area contributed by atoms with Crippen LogP contribution in [0.4, 0.5) is 19.0 Å². The Morgan fingerprint density at radius 2 is 1.95 bits per heavy atom. The zero-order chi connectivity index (χ0) is 15.5. The molecule has 0 aromatic carbocycles. The maximum absolute atomic E-state index is 13.1. The van der Waals surface area contributed by atoms with Crippen molar-refractivity contribution in [1.82, 2.24) is 15.0 Å². The monoisotopic (exact) mass is 296 g/mol. The molecule has 0 spiro atoms. The van der Waals surface area contributed by atoms with E-state index in [-0.39, 0.29) is 11.3 Å². The molecule has 2 rings (SSSR count). The number of halogens is 3. The molecule has 1 N–H and O–H groups in total. The molecular weight excluding hydrogens is 281 g/mol. The minimum absolute atomic E-state index is 0.0405. The summed E-state index contributed by atoms with van der Waals surface area (Å²) in [4.78, 5) is 12.2. The number of aromatic nitrogens is 3. The van der Waals surface area contributed by atoms with Crippen LogP contribution in [-0.4, -0.2) is 21.5 Å². The van der Waals surface area contributed by atoms with E-state index in [9.17, 15) is 13.2 Å². The van der Waals surface area contributed by atoms with Crippen LogP contribution in [-0.2, 0) is 12.6 Å². The van der Waals surface area contributed by atoms with E-state index in [0.29, 0.717) is 24.6 Å². The molecule has 0 unspecified atom stereocenters. The first-order valence-corrected chi connectivity index (χ1v) is 6.59. The number of rotatable bonds is 4. The molecule has 0 aliphatic carbocycles. The molecule has 2 aromatic heterocycles. The van der Waals surface area contributed by atoms with Crippen LogP contribution >= 0.6 is 0 Å². The smallest absolute Gasteiger partial charge is 0.370 e. The summed E-state index contributed by atoms with van der Waals surface area (Å²) in [7, 11) is 0. The molecule has 2 aromatic rings. The van der Waals surface area contributed by atoms with E-state index < -0.39 is 11.7 Å². The van der Waals surface area contributed by atoms with Gasteiger partial charge in [0, 0.05) is 37.0 Å². The van der Waals surface area contributed by atoms with Crippen molar-refractivity contribution in [2.45, 2.75) is 26.4 Å². The first-order valence-electron chi connectivity index (χ1n) is 6.59. The zero-order valence-electron chi connectivity index (χ0n) is 11.7. The van der Waals surface area contributed by atoms with Gasteiger partial charge in [-0.25, -0.2) is 9.97 Å². The van der Waals surface area contributed by atoms with Crippen LogP contribution < -0.4 is 5.32 Å². The third kappa shape index (κ3) is 3.48. The molecule has 112 valence electrons. The largest absolute Gasteiger partial charge is 0.417 e. The fraction of sp³-hybridized carbons (Fsp3) is 0.357. The average Bonchev–Trinajstić information content (AvgIpc) is 2.46. The molecular formula is C14H15F3N4. The van der Waals surface area contributed by atoms with Gasteiger partial charge >= 0.3 is 6.18 Å². The van der Waals surface area contributed by atoms with Gasteiger partial charge in [-0.15, -0.1) is 0 Å². The topological polar surface area (TPSA) is 50.7 Å². The van der Waals surface area contributed by atoms with Crippen LogP contribution in [0.15, 0.2) is 24.5 Å². The molecule has 21 heavy (non-hydrogen) atoms. The lowest BCUT2D eigenvalue weighted by atomic mass is 10.1. The summed E-state index contributed by atoms with van der Waals surface area (Å²) in [6.45, 7) is 4.36. The molecule has 2 heterocycles. The van der Waals surface area contributed by atoms with Crippen molar-refractivity contribution in [2.75, 3.05) is 11.9 Å². The summed E-state index contributed by atoms with van der Waals surface area (Å²) < 4.78 is 39.2. The fourth-order valence-electron chi connectivity index (χ4n) is 1.91. The number of pyridine rings is 1. The number of anilines is 1. The van der Waals surface area contributed by atoms with Crippen LogP contribution in [0.1, 0.15) is 25.2 Å². The number of hydrogen-bond acceptors (Lipinski definition) is 4. The molecule has 0 aliphatic heterocycles. The second-order valence-electron chi connectivity index (χ2n) is 4.36. The lowest BCUT2D eigenvalue weighted by Gasteiger charge is -2.13. The lowest BCUT2D eigenvalue weighted by molar-refractivity contribution is -0.137. The summed E-state index contributed by atoms with van der Waals surface area (Å²) >= 11 is 0. The van der Waals surface area contributed by atoms with Crippen LogP contribution in [0, 0.1) is 0 Å². The summed E-state index contributed by atoms with van der Waals surface area (Å²) in [5.74, 6) is 0.997. The van der Waals surface area contributed by atoms with E-state index in [0.717, 1.165) is 12.3 Å². The van der Waals surface area contributed by atoms with E-state index in [2.05, 4.69) is 20.3 Å². The highest BCUT2D eigenvalue weighted by molar-refractivity contribution is 5.66. The Bertz CT molecular complexity index is 626. The predicted molar refractivity (Wildman–Crippen MR) is 73.8 cm³/mol. The van der Waals surface area contributed by atoms with Crippen molar-refractivity contribution in [3.8, 4) is 11.3 Å². The van der Waals surface area contributed by atoms with Crippen molar-refractivity contribution >= 4 is 5.82 Å². The van der Waals surface area contributed by atoms with Gasteiger partial charge in [0.15, 0.2) is 0 Å². The van der Waals surface area contributed by atoms with E-state index in [1.165, 1.54) is 12.3 Å². The maximum Gasteiger partial charge on any atom is 0.417 e. The Kier molecular flexibility index (Phi) is 4.40. The van der Waals surface area contributed by atoms with E-state index in [4.69, 9.17) is 0 Å². The SMILES string of the molecule is CCNc1cc(-c2cnccc2C(F)(F)F)nc(CC)n1. The van der Waals surface area contributed by atoms with Gasteiger partial charge in [0.2, 0.25) is 0 Å². The van der Waals surface area contributed by atoms with Crippen molar-refractivity contribution in [3.63, 3.8) is 0 Å². The van der Waals surface area contributed by atoms with Crippen molar-refractivity contribution in [3.05, 3.63) is 35.9 Å². The minimum atomic E-state index is -4.45. The standard InChI is InChI=1S/C14H15F3N4/c1-3-12-20-11(7-13(21-12)19-4-2)9-8-18-6-5-10(9)14(15,16)17/h5-8H,3-4H2,1-2H3,(H,19,20,21). The van der Waals surface area contributed by atoms with E-state index >= 15 is 0 Å².